The molecule has 0 N–H and O–H groups in total. The molecule has 8 heteroatoms. The Morgan fingerprint density at radius 1 is 0.762 bits per heavy atom. The second-order valence-corrected chi connectivity index (χ2v) is 7.33. The third kappa shape index (κ3) is 2.23. The van der Waals surface area contributed by atoms with Crippen molar-refractivity contribution in [2.45, 2.75) is 0 Å². The van der Waals surface area contributed by atoms with Crippen molar-refractivity contribution in [2.75, 3.05) is 4.90 Å². The van der Waals surface area contributed by atoms with Crippen LogP contribution in [0.15, 0.2) is 42.4 Å². The SMILES string of the molecule is O=C1c2c(Br)c(Br)c(Br)c(Br)c2C(=O)N1c1ccncc1. The van der Waals surface area contributed by atoms with E-state index in [2.05, 4.69) is 68.7 Å². The summed E-state index contributed by atoms with van der Waals surface area (Å²) >= 11 is 13.5. The second-order valence-electron chi connectivity index (χ2n) is 4.16. The van der Waals surface area contributed by atoms with E-state index in [1.165, 1.54) is 12.4 Å². The van der Waals surface area contributed by atoms with E-state index in [9.17, 15) is 9.59 Å². The molecule has 1 aromatic carbocycles. The molecule has 0 spiro atoms. The van der Waals surface area contributed by atoms with Crippen molar-refractivity contribution < 1.29 is 9.59 Å². The van der Waals surface area contributed by atoms with Crippen molar-refractivity contribution in [2.24, 2.45) is 0 Å². The Hall–Kier alpha value is -0.570. The van der Waals surface area contributed by atoms with Gasteiger partial charge in [0.1, 0.15) is 0 Å². The van der Waals surface area contributed by atoms with Gasteiger partial charge in [0, 0.05) is 30.3 Å². The summed E-state index contributed by atoms with van der Waals surface area (Å²) in [4.78, 5) is 30.3. The van der Waals surface area contributed by atoms with Gasteiger partial charge < -0.3 is 0 Å². The number of fused-ring (bicyclic) bond motifs is 1. The molecule has 2 heterocycles. The summed E-state index contributed by atoms with van der Waals surface area (Å²) in [6, 6.07) is 3.24. The largest absolute Gasteiger partial charge is 0.268 e. The van der Waals surface area contributed by atoms with Gasteiger partial charge in [-0.3, -0.25) is 14.6 Å². The highest BCUT2D eigenvalue weighted by Crippen LogP contribution is 2.45. The van der Waals surface area contributed by atoms with E-state index in [1.54, 1.807) is 12.1 Å². The van der Waals surface area contributed by atoms with Crippen LogP contribution in [0.2, 0.25) is 0 Å². The number of hydrogen-bond acceptors (Lipinski definition) is 3. The zero-order valence-electron chi connectivity index (χ0n) is 10.0. The fourth-order valence-electron chi connectivity index (χ4n) is 2.08. The lowest BCUT2D eigenvalue weighted by Crippen LogP contribution is -2.29. The molecule has 0 aliphatic carbocycles. The fraction of sp³-hybridized carbons (Fsp3) is 0. The molecule has 3 rings (SSSR count). The number of pyridine rings is 1. The second kappa shape index (κ2) is 5.57. The number of halogens is 4. The number of rotatable bonds is 1. The molecule has 0 atom stereocenters. The summed E-state index contributed by atoms with van der Waals surface area (Å²) in [7, 11) is 0. The third-order valence-electron chi connectivity index (χ3n) is 3.02. The molecule has 1 aromatic heterocycles. The minimum absolute atomic E-state index is 0.332. The maximum Gasteiger partial charge on any atom is 0.267 e. The van der Waals surface area contributed by atoms with Crippen LogP contribution in [-0.4, -0.2) is 16.8 Å². The number of carbonyl (C=O) groups excluding carboxylic acids is 2. The normalized spacial score (nSPS) is 13.8. The van der Waals surface area contributed by atoms with Crippen LogP contribution in [0.5, 0.6) is 0 Å². The number of carbonyl (C=O) groups is 2. The molecule has 106 valence electrons. The van der Waals surface area contributed by atoms with E-state index in [4.69, 9.17) is 0 Å². The fourth-order valence-corrected chi connectivity index (χ4v) is 4.53. The highest BCUT2D eigenvalue weighted by molar-refractivity contribution is 9.15. The quantitative estimate of drug-likeness (QED) is 0.293. The zero-order valence-corrected chi connectivity index (χ0v) is 16.4. The number of imide groups is 1. The maximum absolute atomic E-state index is 12.6. The highest BCUT2D eigenvalue weighted by atomic mass is 79.9. The van der Waals surface area contributed by atoms with E-state index in [0.29, 0.717) is 34.7 Å². The van der Waals surface area contributed by atoms with Crippen molar-refractivity contribution >= 4 is 81.2 Å². The van der Waals surface area contributed by atoms with Gasteiger partial charge in [-0.1, -0.05) is 0 Å². The summed E-state index contributed by atoms with van der Waals surface area (Å²) in [5, 5.41) is 0. The summed E-state index contributed by atoms with van der Waals surface area (Å²) in [5.74, 6) is -0.746. The van der Waals surface area contributed by atoms with Crippen LogP contribution >= 0.6 is 63.7 Å². The molecule has 1 aliphatic rings. The van der Waals surface area contributed by atoms with Gasteiger partial charge in [-0.05, 0) is 75.9 Å². The molecule has 0 saturated heterocycles. The summed E-state index contributed by atoms with van der Waals surface area (Å²) in [6.07, 6.45) is 3.07. The van der Waals surface area contributed by atoms with E-state index >= 15 is 0 Å². The molecule has 0 fully saturated rings. The first-order chi connectivity index (χ1) is 9.95. The van der Waals surface area contributed by atoms with E-state index in [1.807, 2.05) is 0 Å². The molecule has 2 amide bonds. The predicted molar refractivity (Wildman–Crippen MR) is 92.6 cm³/mol. The molecule has 1 aliphatic heterocycles. The van der Waals surface area contributed by atoms with Gasteiger partial charge in [0.2, 0.25) is 0 Å². The molecule has 0 bridgehead atoms. The van der Waals surface area contributed by atoms with Crippen LogP contribution in [0.25, 0.3) is 0 Å². The smallest absolute Gasteiger partial charge is 0.267 e. The Balaban J connectivity index is 2.27. The van der Waals surface area contributed by atoms with Gasteiger partial charge >= 0.3 is 0 Å². The van der Waals surface area contributed by atoms with Crippen molar-refractivity contribution in [1.29, 1.82) is 0 Å². The van der Waals surface area contributed by atoms with Crippen molar-refractivity contribution in [1.82, 2.24) is 4.98 Å². The van der Waals surface area contributed by atoms with Gasteiger partial charge in [0.25, 0.3) is 11.8 Å². The van der Waals surface area contributed by atoms with Gasteiger partial charge in [-0.15, -0.1) is 0 Å². The van der Waals surface area contributed by atoms with Crippen LogP contribution in [-0.2, 0) is 0 Å². The maximum atomic E-state index is 12.6. The van der Waals surface area contributed by atoms with Crippen LogP contribution < -0.4 is 4.90 Å². The molecular formula is C13H4Br4N2O2. The minimum atomic E-state index is -0.373. The Morgan fingerprint density at radius 3 is 1.62 bits per heavy atom. The standard InChI is InChI=1S/C13H4Br4N2O2/c14-8-6-7(9(15)11(17)10(8)16)13(21)19(12(6)20)5-1-3-18-4-2-5/h1-4H. The number of aromatic nitrogens is 1. The number of amides is 2. The molecule has 0 radical (unpaired) electrons. The summed E-state index contributed by atoms with van der Waals surface area (Å²) < 4.78 is 2.43. The first kappa shape index (κ1) is 15.3. The van der Waals surface area contributed by atoms with Gasteiger partial charge in [0.05, 0.1) is 16.8 Å². The first-order valence-corrected chi connectivity index (χ1v) is 8.77. The number of benzene rings is 1. The molecule has 0 unspecified atom stereocenters. The van der Waals surface area contributed by atoms with Crippen LogP contribution in [0.4, 0.5) is 5.69 Å². The van der Waals surface area contributed by atoms with E-state index in [-0.39, 0.29) is 11.8 Å². The van der Waals surface area contributed by atoms with E-state index < -0.39 is 0 Å². The average molecular weight is 540 g/mol. The van der Waals surface area contributed by atoms with Crippen molar-refractivity contribution in [3.05, 3.63) is 53.5 Å². The van der Waals surface area contributed by atoms with Gasteiger partial charge in [0.15, 0.2) is 0 Å². The van der Waals surface area contributed by atoms with E-state index in [0.717, 1.165) is 4.90 Å². The monoisotopic (exact) mass is 536 g/mol. The molecular weight excluding hydrogens is 536 g/mol. The Labute approximate surface area is 153 Å². The van der Waals surface area contributed by atoms with Crippen molar-refractivity contribution in [3.8, 4) is 0 Å². The lowest BCUT2D eigenvalue weighted by Gasteiger charge is -2.13. The zero-order chi connectivity index (χ0) is 15.3. The first-order valence-electron chi connectivity index (χ1n) is 5.60. The van der Waals surface area contributed by atoms with Gasteiger partial charge in [-0.2, -0.15) is 0 Å². The highest BCUT2D eigenvalue weighted by Gasteiger charge is 2.41. The molecule has 21 heavy (non-hydrogen) atoms. The Kier molecular flexibility index (Phi) is 4.06. The lowest BCUT2D eigenvalue weighted by atomic mass is 10.1. The lowest BCUT2D eigenvalue weighted by molar-refractivity contribution is 0.0926. The average Bonchev–Trinajstić information content (AvgIpc) is 2.75. The molecule has 0 saturated carbocycles. The number of hydrogen-bond donors (Lipinski definition) is 0. The molecule has 2 aromatic rings. The number of nitrogens with zero attached hydrogens (tertiary/aromatic N) is 2. The third-order valence-corrected chi connectivity index (χ3v) is 7.79. The Morgan fingerprint density at radius 2 is 1.19 bits per heavy atom. The minimum Gasteiger partial charge on any atom is -0.268 e. The Bertz CT molecular complexity index is 746. The summed E-state index contributed by atoms with van der Waals surface area (Å²) in [6.45, 7) is 0. The summed E-state index contributed by atoms with van der Waals surface area (Å²) in [5.41, 5.74) is 1.15. The van der Waals surface area contributed by atoms with Gasteiger partial charge in [-0.25, -0.2) is 4.90 Å². The topological polar surface area (TPSA) is 50.3 Å². The molecule has 4 nitrogen and oxygen atoms in total. The number of anilines is 1. The predicted octanol–water partition coefficient (Wildman–Crippen LogP) is 4.93. The van der Waals surface area contributed by atoms with Crippen LogP contribution in [0.3, 0.4) is 0 Å². The van der Waals surface area contributed by atoms with Crippen LogP contribution in [0, 0.1) is 0 Å². The van der Waals surface area contributed by atoms with Crippen molar-refractivity contribution in [3.63, 3.8) is 0 Å². The van der Waals surface area contributed by atoms with Crippen LogP contribution in [0.1, 0.15) is 20.7 Å².